The van der Waals surface area contributed by atoms with Gasteiger partial charge in [-0.2, -0.15) is 0 Å². The second-order valence-electron chi connectivity index (χ2n) is 5.66. The van der Waals surface area contributed by atoms with Gasteiger partial charge in [0.05, 0.1) is 0 Å². The van der Waals surface area contributed by atoms with Crippen molar-refractivity contribution in [3.63, 3.8) is 0 Å². The van der Waals surface area contributed by atoms with Gasteiger partial charge in [-0.25, -0.2) is 0 Å². The Morgan fingerprint density at radius 3 is 1.82 bits per heavy atom. The molecule has 0 unspecified atom stereocenters. The number of rotatable bonds is 4. The minimum atomic E-state index is -0.583. The lowest BCUT2D eigenvalue weighted by Crippen LogP contribution is -2.14. The van der Waals surface area contributed by atoms with E-state index in [0.29, 0.717) is 0 Å². The molecule has 2 heteroatoms. The maximum atomic E-state index is 11.6. The first-order valence-corrected chi connectivity index (χ1v) is 9.32. The van der Waals surface area contributed by atoms with Gasteiger partial charge in [0.15, 0.2) is 0 Å². The minimum Gasteiger partial charge on any atom is -0.298 e. The molecule has 1 nitrogen and oxygen atoms in total. The van der Waals surface area contributed by atoms with Crippen LogP contribution < -0.4 is 10.6 Å². The Hall–Kier alpha value is -1.72. The molecule has 0 fully saturated rings. The van der Waals surface area contributed by atoms with Crippen molar-refractivity contribution in [2.45, 2.75) is 32.1 Å². The van der Waals surface area contributed by atoms with E-state index in [-0.39, 0.29) is 0 Å². The SMILES string of the molecule is O=CC1=C(P(c2ccccc2)c2ccccc2)CCCCC1. The summed E-state index contributed by atoms with van der Waals surface area (Å²) >= 11 is 0. The Balaban J connectivity index is 2.12. The van der Waals surface area contributed by atoms with E-state index in [0.717, 1.165) is 31.1 Å². The van der Waals surface area contributed by atoms with Gasteiger partial charge >= 0.3 is 0 Å². The van der Waals surface area contributed by atoms with Gasteiger partial charge in [0.1, 0.15) is 6.29 Å². The van der Waals surface area contributed by atoms with E-state index in [9.17, 15) is 4.79 Å². The Kier molecular flexibility index (Phi) is 5.19. The molecule has 2 aromatic rings. The second-order valence-corrected chi connectivity index (χ2v) is 7.90. The quantitative estimate of drug-likeness (QED) is 0.599. The summed E-state index contributed by atoms with van der Waals surface area (Å²) in [6.07, 6.45) is 6.69. The maximum Gasteiger partial charge on any atom is 0.146 e. The van der Waals surface area contributed by atoms with Crippen molar-refractivity contribution >= 4 is 24.8 Å². The van der Waals surface area contributed by atoms with Crippen molar-refractivity contribution in [2.75, 3.05) is 0 Å². The van der Waals surface area contributed by atoms with Crippen LogP contribution in [-0.4, -0.2) is 6.29 Å². The number of carbonyl (C=O) groups is 1. The van der Waals surface area contributed by atoms with Gasteiger partial charge in [-0.3, -0.25) is 4.79 Å². The monoisotopic (exact) mass is 308 g/mol. The van der Waals surface area contributed by atoms with Gasteiger partial charge in [-0.05, 0) is 55.1 Å². The third-order valence-electron chi connectivity index (χ3n) is 4.17. The second kappa shape index (κ2) is 7.51. The Morgan fingerprint density at radius 2 is 1.27 bits per heavy atom. The normalized spacial score (nSPS) is 15.7. The van der Waals surface area contributed by atoms with Gasteiger partial charge in [0.2, 0.25) is 0 Å². The molecule has 2 aromatic carbocycles. The molecule has 0 bridgehead atoms. The summed E-state index contributed by atoms with van der Waals surface area (Å²) in [5, 5.41) is 4.08. The van der Waals surface area contributed by atoms with Crippen LogP contribution in [0.25, 0.3) is 0 Å². The number of hydrogen-bond donors (Lipinski definition) is 0. The third-order valence-corrected chi connectivity index (χ3v) is 6.85. The molecule has 22 heavy (non-hydrogen) atoms. The highest BCUT2D eigenvalue weighted by atomic mass is 31.1. The highest BCUT2D eigenvalue weighted by Gasteiger charge is 2.22. The smallest absolute Gasteiger partial charge is 0.146 e. The third kappa shape index (κ3) is 3.36. The van der Waals surface area contributed by atoms with Crippen LogP contribution in [0.1, 0.15) is 32.1 Å². The lowest BCUT2D eigenvalue weighted by molar-refractivity contribution is -0.105. The molecule has 0 amide bonds. The molecule has 0 aliphatic heterocycles. The predicted octanol–water partition coefficient (Wildman–Crippen LogP) is 4.54. The van der Waals surface area contributed by atoms with E-state index in [2.05, 4.69) is 60.7 Å². The minimum absolute atomic E-state index is 0.583. The van der Waals surface area contributed by atoms with Crippen molar-refractivity contribution in [3.8, 4) is 0 Å². The van der Waals surface area contributed by atoms with Crippen molar-refractivity contribution in [1.82, 2.24) is 0 Å². The van der Waals surface area contributed by atoms with Crippen LogP contribution in [0.15, 0.2) is 71.6 Å². The predicted molar refractivity (Wildman–Crippen MR) is 95.2 cm³/mol. The van der Waals surface area contributed by atoms with Crippen molar-refractivity contribution < 1.29 is 4.79 Å². The number of carbonyl (C=O) groups excluding carboxylic acids is 1. The van der Waals surface area contributed by atoms with Gasteiger partial charge in [-0.1, -0.05) is 67.1 Å². The molecule has 0 saturated heterocycles. The van der Waals surface area contributed by atoms with E-state index < -0.39 is 7.92 Å². The largest absolute Gasteiger partial charge is 0.298 e. The zero-order valence-electron chi connectivity index (χ0n) is 12.7. The molecular formula is C20H21OP. The summed E-state index contributed by atoms with van der Waals surface area (Å²) in [6.45, 7) is 0. The zero-order valence-corrected chi connectivity index (χ0v) is 13.6. The molecular weight excluding hydrogens is 287 g/mol. The molecule has 0 N–H and O–H groups in total. The number of hydrogen-bond acceptors (Lipinski definition) is 1. The van der Waals surface area contributed by atoms with Crippen LogP contribution in [0.2, 0.25) is 0 Å². The van der Waals surface area contributed by atoms with Gasteiger partial charge in [0.25, 0.3) is 0 Å². The fourth-order valence-corrected chi connectivity index (χ4v) is 5.78. The molecule has 1 aliphatic carbocycles. The Bertz CT molecular complexity index is 606. The summed E-state index contributed by atoms with van der Waals surface area (Å²) in [7, 11) is -0.583. The van der Waals surface area contributed by atoms with Crippen molar-refractivity contribution in [1.29, 1.82) is 0 Å². The van der Waals surface area contributed by atoms with Crippen LogP contribution in [0.5, 0.6) is 0 Å². The highest BCUT2D eigenvalue weighted by molar-refractivity contribution is 7.76. The number of allylic oxidation sites excluding steroid dienone is 2. The van der Waals surface area contributed by atoms with Crippen molar-refractivity contribution in [2.24, 2.45) is 0 Å². The lowest BCUT2D eigenvalue weighted by Gasteiger charge is -2.23. The van der Waals surface area contributed by atoms with Gasteiger partial charge in [-0.15, -0.1) is 0 Å². The Labute approximate surface area is 133 Å². The summed E-state index contributed by atoms with van der Waals surface area (Å²) < 4.78 is 0. The van der Waals surface area contributed by atoms with Crippen LogP contribution in [0.3, 0.4) is 0 Å². The summed E-state index contributed by atoms with van der Waals surface area (Å²) in [5.41, 5.74) is 1.05. The molecule has 3 rings (SSSR count). The molecule has 0 spiro atoms. The molecule has 0 heterocycles. The fraction of sp³-hybridized carbons (Fsp3) is 0.250. The zero-order chi connectivity index (χ0) is 15.2. The number of benzene rings is 2. The van der Waals surface area contributed by atoms with Crippen molar-refractivity contribution in [3.05, 3.63) is 71.6 Å². The fourth-order valence-electron chi connectivity index (χ4n) is 3.09. The molecule has 0 aromatic heterocycles. The topological polar surface area (TPSA) is 17.1 Å². The molecule has 0 radical (unpaired) electrons. The first-order chi connectivity index (χ1) is 10.9. The molecule has 112 valence electrons. The molecule has 0 saturated carbocycles. The summed E-state index contributed by atoms with van der Waals surface area (Å²) in [4.78, 5) is 11.6. The van der Waals surface area contributed by atoms with Crippen LogP contribution >= 0.6 is 7.92 Å². The molecule has 0 atom stereocenters. The average molecular weight is 308 g/mol. The van der Waals surface area contributed by atoms with Gasteiger partial charge < -0.3 is 0 Å². The Morgan fingerprint density at radius 1 is 0.727 bits per heavy atom. The maximum absolute atomic E-state index is 11.6. The van der Waals surface area contributed by atoms with E-state index in [1.165, 1.54) is 28.8 Å². The first-order valence-electron chi connectivity index (χ1n) is 7.97. The standard InChI is InChI=1S/C20H21OP/c21-16-17-10-4-1-9-15-20(17)22(18-11-5-2-6-12-18)19-13-7-3-8-14-19/h2-3,5-8,11-14,16H,1,4,9-10,15H2. The van der Waals surface area contributed by atoms with E-state index in [1.54, 1.807) is 0 Å². The highest BCUT2D eigenvalue weighted by Crippen LogP contribution is 2.48. The summed E-state index contributed by atoms with van der Waals surface area (Å²) in [6, 6.07) is 21.4. The lowest BCUT2D eigenvalue weighted by atomic mass is 10.1. The average Bonchev–Trinajstić information content (AvgIpc) is 2.83. The number of aldehydes is 1. The van der Waals surface area contributed by atoms with Gasteiger partial charge in [0, 0.05) is 0 Å². The summed E-state index contributed by atoms with van der Waals surface area (Å²) in [5.74, 6) is 0. The van der Waals surface area contributed by atoms with Crippen LogP contribution in [-0.2, 0) is 4.79 Å². The van der Waals surface area contributed by atoms with E-state index in [1.807, 2.05) is 0 Å². The molecule has 1 aliphatic rings. The van der Waals surface area contributed by atoms with Crippen LogP contribution in [0.4, 0.5) is 0 Å². The van der Waals surface area contributed by atoms with Crippen LogP contribution in [0, 0.1) is 0 Å². The van der Waals surface area contributed by atoms with E-state index >= 15 is 0 Å². The first kappa shape index (κ1) is 15.2. The van der Waals surface area contributed by atoms with E-state index in [4.69, 9.17) is 0 Å².